The molecule has 114 valence electrons. The fourth-order valence-corrected chi connectivity index (χ4v) is 2.33. The highest BCUT2D eigenvalue weighted by molar-refractivity contribution is 4.88. The van der Waals surface area contributed by atoms with Crippen LogP contribution in [0.5, 0.6) is 0 Å². The van der Waals surface area contributed by atoms with Crippen LogP contribution in [0.2, 0.25) is 0 Å². The third kappa shape index (κ3) is 15.6. The molecular weight excluding hydrogens is 235 g/mol. The van der Waals surface area contributed by atoms with Gasteiger partial charge in [-0.25, -0.2) is 4.39 Å². The number of hydrogen-bond acceptors (Lipinski definition) is 0. The van der Waals surface area contributed by atoms with Crippen molar-refractivity contribution in [3.8, 4) is 0 Å². The second-order valence-electron chi connectivity index (χ2n) is 5.70. The monoisotopic (exact) mass is 270 g/mol. The zero-order valence-electron chi connectivity index (χ0n) is 13.3. The van der Waals surface area contributed by atoms with Crippen LogP contribution in [0.3, 0.4) is 0 Å². The first kappa shape index (κ1) is 18.7. The van der Waals surface area contributed by atoms with Gasteiger partial charge < -0.3 is 0 Å². The summed E-state index contributed by atoms with van der Waals surface area (Å²) < 4.78 is 13.5. The van der Waals surface area contributed by atoms with E-state index < -0.39 is 6.17 Å². The second kappa shape index (κ2) is 15.7. The van der Waals surface area contributed by atoms with Crippen molar-refractivity contribution in [2.75, 3.05) is 0 Å². The van der Waals surface area contributed by atoms with Gasteiger partial charge in [0.15, 0.2) is 0 Å². The quantitative estimate of drug-likeness (QED) is 0.236. The number of alkyl halides is 1. The standard InChI is InChI=1S/C18H35F/c1-3-5-7-9-11-13-15-17-18(19)16-14-12-10-8-6-4-2/h15,17-18H,3-14,16H2,1-2H3/b17-15+. The molecule has 0 aliphatic rings. The molecule has 0 rings (SSSR count). The lowest BCUT2D eigenvalue weighted by molar-refractivity contribution is 0.363. The Bertz CT molecular complexity index is 186. The largest absolute Gasteiger partial charge is 0.243 e. The average molecular weight is 270 g/mol. The van der Waals surface area contributed by atoms with Crippen molar-refractivity contribution in [2.24, 2.45) is 0 Å². The molecule has 0 heterocycles. The number of allylic oxidation sites excluding steroid dienone is 2. The molecule has 0 N–H and O–H groups in total. The highest BCUT2D eigenvalue weighted by Gasteiger charge is 2.00. The summed E-state index contributed by atoms with van der Waals surface area (Å²) in [5, 5.41) is 0. The molecule has 0 fully saturated rings. The fourth-order valence-electron chi connectivity index (χ4n) is 2.33. The lowest BCUT2D eigenvalue weighted by atomic mass is 10.1. The van der Waals surface area contributed by atoms with E-state index in [-0.39, 0.29) is 0 Å². The fraction of sp³-hybridized carbons (Fsp3) is 0.889. The first-order valence-corrected chi connectivity index (χ1v) is 8.62. The first-order chi connectivity index (χ1) is 9.31. The molecule has 1 atom stereocenters. The number of halogens is 1. The molecule has 1 heteroatoms. The van der Waals surface area contributed by atoms with E-state index in [4.69, 9.17) is 0 Å². The molecule has 19 heavy (non-hydrogen) atoms. The van der Waals surface area contributed by atoms with Crippen molar-refractivity contribution in [3.05, 3.63) is 12.2 Å². The highest BCUT2D eigenvalue weighted by Crippen LogP contribution is 2.12. The molecule has 0 bridgehead atoms. The molecule has 0 aromatic rings. The Morgan fingerprint density at radius 3 is 1.89 bits per heavy atom. The maximum atomic E-state index is 13.5. The zero-order chi connectivity index (χ0) is 14.2. The molecule has 0 saturated carbocycles. The minimum atomic E-state index is -0.707. The summed E-state index contributed by atoms with van der Waals surface area (Å²) in [6.07, 6.45) is 18.9. The van der Waals surface area contributed by atoms with Crippen LogP contribution < -0.4 is 0 Å². The van der Waals surface area contributed by atoms with E-state index >= 15 is 0 Å². The molecular formula is C18H35F. The van der Waals surface area contributed by atoms with E-state index in [1.165, 1.54) is 64.2 Å². The van der Waals surface area contributed by atoms with Crippen molar-refractivity contribution in [3.63, 3.8) is 0 Å². The lowest BCUT2D eigenvalue weighted by Crippen LogP contribution is -1.94. The molecule has 0 aliphatic heterocycles. The second-order valence-corrected chi connectivity index (χ2v) is 5.70. The van der Waals surface area contributed by atoms with Crippen LogP contribution in [0, 0.1) is 0 Å². The van der Waals surface area contributed by atoms with Crippen LogP contribution in [-0.4, -0.2) is 6.17 Å². The predicted octanol–water partition coefficient (Wildman–Crippen LogP) is 6.99. The number of rotatable bonds is 14. The van der Waals surface area contributed by atoms with Gasteiger partial charge in [-0.1, -0.05) is 90.2 Å². The number of unbranched alkanes of at least 4 members (excludes halogenated alkanes) is 10. The lowest BCUT2D eigenvalue weighted by Gasteiger charge is -2.03. The van der Waals surface area contributed by atoms with Gasteiger partial charge in [0, 0.05) is 0 Å². The Balaban J connectivity index is 3.25. The Morgan fingerprint density at radius 2 is 1.26 bits per heavy atom. The smallest absolute Gasteiger partial charge is 0.118 e. The van der Waals surface area contributed by atoms with Crippen molar-refractivity contribution in [1.82, 2.24) is 0 Å². The Labute approximate surface area is 120 Å². The summed E-state index contributed by atoms with van der Waals surface area (Å²) in [7, 11) is 0. The van der Waals surface area contributed by atoms with E-state index in [1.807, 2.05) is 6.08 Å². The van der Waals surface area contributed by atoms with E-state index in [9.17, 15) is 4.39 Å². The van der Waals surface area contributed by atoms with Crippen LogP contribution in [0.25, 0.3) is 0 Å². The van der Waals surface area contributed by atoms with Gasteiger partial charge in [-0.3, -0.25) is 0 Å². The van der Waals surface area contributed by atoms with E-state index in [1.54, 1.807) is 6.08 Å². The third-order valence-corrected chi connectivity index (χ3v) is 3.65. The summed E-state index contributed by atoms with van der Waals surface area (Å²) in [6.45, 7) is 4.46. The zero-order valence-corrected chi connectivity index (χ0v) is 13.3. The molecule has 0 aliphatic carbocycles. The minimum absolute atomic E-state index is 0.707. The normalized spacial score (nSPS) is 13.2. The molecule has 0 spiro atoms. The van der Waals surface area contributed by atoms with Crippen LogP contribution >= 0.6 is 0 Å². The van der Waals surface area contributed by atoms with E-state index in [0.717, 1.165) is 19.3 Å². The van der Waals surface area contributed by atoms with Gasteiger partial charge in [-0.15, -0.1) is 0 Å². The van der Waals surface area contributed by atoms with Gasteiger partial charge in [0.25, 0.3) is 0 Å². The Kier molecular flexibility index (Phi) is 15.5. The molecule has 0 nitrogen and oxygen atoms in total. The van der Waals surface area contributed by atoms with Crippen LogP contribution in [-0.2, 0) is 0 Å². The molecule has 1 unspecified atom stereocenters. The summed E-state index contributed by atoms with van der Waals surface area (Å²) in [6, 6.07) is 0. The first-order valence-electron chi connectivity index (χ1n) is 8.62. The van der Waals surface area contributed by atoms with Crippen molar-refractivity contribution in [2.45, 2.75) is 103 Å². The number of hydrogen-bond donors (Lipinski definition) is 0. The SMILES string of the molecule is CCCCCCC/C=C/C(F)CCCCCCCC. The average Bonchev–Trinajstić information content (AvgIpc) is 2.41. The highest BCUT2D eigenvalue weighted by atomic mass is 19.1. The maximum absolute atomic E-state index is 13.5. The summed E-state index contributed by atoms with van der Waals surface area (Å²) in [4.78, 5) is 0. The molecule has 0 radical (unpaired) electrons. The van der Waals surface area contributed by atoms with Gasteiger partial charge in [0.1, 0.15) is 6.17 Å². The van der Waals surface area contributed by atoms with Crippen LogP contribution in [0.1, 0.15) is 97.3 Å². The third-order valence-electron chi connectivity index (χ3n) is 3.65. The summed E-state index contributed by atoms with van der Waals surface area (Å²) >= 11 is 0. The Hall–Kier alpha value is -0.330. The topological polar surface area (TPSA) is 0 Å². The molecule has 0 amide bonds. The van der Waals surface area contributed by atoms with Gasteiger partial charge in [0.2, 0.25) is 0 Å². The Morgan fingerprint density at radius 1 is 0.737 bits per heavy atom. The van der Waals surface area contributed by atoms with Gasteiger partial charge in [-0.05, 0) is 19.3 Å². The predicted molar refractivity (Wildman–Crippen MR) is 85.4 cm³/mol. The molecule has 0 aromatic carbocycles. The van der Waals surface area contributed by atoms with Gasteiger partial charge in [0.05, 0.1) is 0 Å². The van der Waals surface area contributed by atoms with Crippen molar-refractivity contribution < 1.29 is 4.39 Å². The van der Waals surface area contributed by atoms with Gasteiger partial charge >= 0.3 is 0 Å². The molecule has 0 aromatic heterocycles. The van der Waals surface area contributed by atoms with E-state index in [0.29, 0.717) is 0 Å². The molecule has 0 saturated heterocycles. The van der Waals surface area contributed by atoms with Crippen LogP contribution in [0.4, 0.5) is 4.39 Å². The maximum Gasteiger partial charge on any atom is 0.118 e. The summed E-state index contributed by atoms with van der Waals surface area (Å²) in [5.41, 5.74) is 0. The van der Waals surface area contributed by atoms with Crippen molar-refractivity contribution >= 4 is 0 Å². The van der Waals surface area contributed by atoms with E-state index in [2.05, 4.69) is 13.8 Å². The summed E-state index contributed by atoms with van der Waals surface area (Å²) in [5.74, 6) is 0. The van der Waals surface area contributed by atoms with Crippen molar-refractivity contribution in [1.29, 1.82) is 0 Å². The van der Waals surface area contributed by atoms with Crippen LogP contribution in [0.15, 0.2) is 12.2 Å². The minimum Gasteiger partial charge on any atom is -0.243 e. The van der Waals surface area contributed by atoms with Gasteiger partial charge in [-0.2, -0.15) is 0 Å².